The van der Waals surface area contributed by atoms with Crippen LogP contribution in [0.1, 0.15) is 43.6 Å². The van der Waals surface area contributed by atoms with E-state index >= 15 is 0 Å². The van der Waals surface area contributed by atoms with Crippen LogP contribution in [0.2, 0.25) is 0 Å². The molecule has 1 aliphatic carbocycles. The number of rotatable bonds is 4. The maximum atomic E-state index is 12.3. The Kier molecular flexibility index (Phi) is 4.76. The highest BCUT2D eigenvalue weighted by molar-refractivity contribution is 5.76. The zero-order valence-electron chi connectivity index (χ0n) is 15.4. The molecule has 1 saturated heterocycles. The summed E-state index contributed by atoms with van der Waals surface area (Å²) in [5, 5.41) is 4.13. The first kappa shape index (κ1) is 17.2. The van der Waals surface area contributed by atoms with Crippen LogP contribution in [-0.2, 0) is 16.1 Å². The highest BCUT2D eigenvalue weighted by Gasteiger charge is 2.46. The van der Waals surface area contributed by atoms with E-state index < -0.39 is 0 Å². The molecule has 2 heterocycles. The van der Waals surface area contributed by atoms with Crippen molar-refractivity contribution < 1.29 is 14.1 Å². The summed E-state index contributed by atoms with van der Waals surface area (Å²) in [5.41, 5.74) is 2.10. The fraction of sp³-hybridized carbons (Fsp3) is 0.550. The molecule has 1 aromatic heterocycles. The first-order valence-electron chi connectivity index (χ1n) is 9.39. The van der Waals surface area contributed by atoms with Crippen LogP contribution in [0.25, 0.3) is 11.4 Å². The Morgan fingerprint density at radius 1 is 1.35 bits per heavy atom. The molecule has 0 spiro atoms. The number of nitrogens with zero attached hydrogens (tertiary/aromatic N) is 3. The molecule has 0 N–H and O–H groups in total. The van der Waals surface area contributed by atoms with Crippen LogP contribution in [0, 0.1) is 12.8 Å². The third-order valence-corrected chi connectivity index (χ3v) is 5.76. The zero-order valence-corrected chi connectivity index (χ0v) is 15.4. The van der Waals surface area contributed by atoms with Crippen molar-refractivity contribution in [3.05, 3.63) is 35.7 Å². The predicted octanol–water partition coefficient (Wildman–Crippen LogP) is 3.35. The fourth-order valence-corrected chi connectivity index (χ4v) is 4.52. The Balaban J connectivity index is 1.55. The summed E-state index contributed by atoms with van der Waals surface area (Å²) < 4.78 is 10.6. The van der Waals surface area contributed by atoms with Crippen molar-refractivity contribution in [1.82, 2.24) is 15.0 Å². The number of hydrogen-bond acceptors (Lipinski definition) is 6. The van der Waals surface area contributed by atoms with Crippen LogP contribution >= 0.6 is 0 Å². The lowest BCUT2D eigenvalue weighted by atomic mass is 9.85. The van der Waals surface area contributed by atoms with Gasteiger partial charge in [0.2, 0.25) is 11.7 Å². The van der Waals surface area contributed by atoms with Crippen molar-refractivity contribution in [2.45, 2.75) is 57.7 Å². The van der Waals surface area contributed by atoms with Crippen molar-refractivity contribution in [2.75, 3.05) is 7.11 Å². The number of methoxy groups -OCH3 is 1. The van der Waals surface area contributed by atoms with Gasteiger partial charge in [0.05, 0.1) is 13.7 Å². The van der Waals surface area contributed by atoms with E-state index in [1.54, 1.807) is 0 Å². The van der Waals surface area contributed by atoms with Gasteiger partial charge in [0.1, 0.15) is 6.04 Å². The molecule has 2 fully saturated rings. The number of likely N-dealkylation sites (tertiary alicyclic amines) is 1. The van der Waals surface area contributed by atoms with Gasteiger partial charge in [-0.15, -0.1) is 0 Å². The lowest BCUT2D eigenvalue weighted by Crippen LogP contribution is -2.42. The van der Waals surface area contributed by atoms with Crippen molar-refractivity contribution >= 4 is 5.97 Å². The maximum Gasteiger partial charge on any atom is 0.323 e. The molecule has 4 rings (SSSR count). The van der Waals surface area contributed by atoms with Crippen molar-refractivity contribution in [1.29, 1.82) is 0 Å². The van der Waals surface area contributed by atoms with Crippen LogP contribution < -0.4 is 0 Å². The molecule has 0 bridgehead atoms. The van der Waals surface area contributed by atoms with Gasteiger partial charge in [-0.3, -0.25) is 9.69 Å². The third kappa shape index (κ3) is 3.26. The van der Waals surface area contributed by atoms with E-state index in [0.717, 1.165) is 24.0 Å². The summed E-state index contributed by atoms with van der Waals surface area (Å²) in [6.45, 7) is 2.54. The van der Waals surface area contributed by atoms with Crippen molar-refractivity contribution in [3.63, 3.8) is 0 Å². The Morgan fingerprint density at radius 3 is 3.00 bits per heavy atom. The summed E-state index contributed by atoms with van der Waals surface area (Å²) in [5.74, 6) is 1.56. The number of hydrogen-bond donors (Lipinski definition) is 0. The standard InChI is InChI=1S/C20H25N3O3/c1-13-6-5-8-15(10-13)19-21-18(26-22-19)12-23-16-9-4-3-7-14(16)11-17(23)20(24)25-2/h5-6,8,10,14,16-17H,3-4,7,9,11-12H2,1-2H3/t14-,16-,17+/m1/s1. The second kappa shape index (κ2) is 7.19. The SMILES string of the molecule is COC(=O)[C@@H]1C[C@H]2CCCC[C@H]2N1Cc1nc(-c2cccc(C)c2)no1. The summed E-state index contributed by atoms with van der Waals surface area (Å²) >= 11 is 0. The minimum atomic E-state index is -0.206. The molecular weight excluding hydrogens is 330 g/mol. The monoisotopic (exact) mass is 355 g/mol. The highest BCUT2D eigenvalue weighted by atomic mass is 16.5. The van der Waals surface area contributed by atoms with Crippen LogP contribution in [0.15, 0.2) is 28.8 Å². The normalized spacial score (nSPS) is 25.8. The number of ether oxygens (including phenoxy) is 1. The molecule has 6 nitrogen and oxygen atoms in total. The number of benzene rings is 1. The van der Waals surface area contributed by atoms with Gasteiger partial charge in [0.25, 0.3) is 0 Å². The topological polar surface area (TPSA) is 68.5 Å². The lowest BCUT2D eigenvalue weighted by molar-refractivity contribution is -0.146. The quantitative estimate of drug-likeness (QED) is 0.784. The van der Waals surface area contributed by atoms with Crippen LogP contribution in [0.4, 0.5) is 0 Å². The first-order valence-corrected chi connectivity index (χ1v) is 9.39. The molecule has 26 heavy (non-hydrogen) atoms. The first-order chi connectivity index (χ1) is 12.7. The van der Waals surface area contributed by atoms with Crippen LogP contribution in [0.3, 0.4) is 0 Å². The minimum Gasteiger partial charge on any atom is -0.468 e. The highest BCUT2D eigenvalue weighted by Crippen LogP contribution is 2.40. The Morgan fingerprint density at radius 2 is 2.19 bits per heavy atom. The van der Waals surface area contributed by atoms with E-state index in [4.69, 9.17) is 9.26 Å². The number of aryl methyl sites for hydroxylation is 1. The van der Waals surface area contributed by atoms with E-state index in [1.165, 1.54) is 26.4 Å². The number of aromatic nitrogens is 2. The van der Waals surface area contributed by atoms with Crippen molar-refractivity contribution in [2.24, 2.45) is 5.92 Å². The predicted molar refractivity (Wildman–Crippen MR) is 96.2 cm³/mol. The van der Waals surface area contributed by atoms with Gasteiger partial charge in [0, 0.05) is 11.6 Å². The zero-order chi connectivity index (χ0) is 18.1. The second-order valence-electron chi connectivity index (χ2n) is 7.44. The second-order valence-corrected chi connectivity index (χ2v) is 7.44. The molecule has 3 atom stereocenters. The summed E-state index contributed by atoms with van der Waals surface area (Å²) in [6, 6.07) is 8.25. The average Bonchev–Trinajstić information content (AvgIpc) is 3.27. The molecule has 138 valence electrons. The summed E-state index contributed by atoms with van der Waals surface area (Å²) in [7, 11) is 1.46. The van der Waals surface area contributed by atoms with E-state index in [2.05, 4.69) is 15.0 Å². The van der Waals surface area contributed by atoms with Gasteiger partial charge in [-0.2, -0.15) is 4.98 Å². The minimum absolute atomic E-state index is 0.155. The number of carbonyl (C=O) groups is 1. The molecule has 0 unspecified atom stereocenters. The smallest absolute Gasteiger partial charge is 0.323 e. The van der Waals surface area contributed by atoms with Crippen LogP contribution in [0.5, 0.6) is 0 Å². The Hall–Kier alpha value is -2.21. The maximum absolute atomic E-state index is 12.3. The van der Waals surface area contributed by atoms with Gasteiger partial charge in [0.15, 0.2) is 0 Å². The molecule has 2 aliphatic rings. The number of esters is 1. The van der Waals surface area contributed by atoms with E-state index in [-0.39, 0.29) is 12.0 Å². The van der Waals surface area contributed by atoms with E-state index in [0.29, 0.717) is 30.2 Å². The lowest BCUT2D eigenvalue weighted by Gasteiger charge is -2.32. The average molecular weight is 355 g/mol. The molecule has 1 aromatic carbocycles. The van der Waals surface area contributed by atoms with Gasteiger partial charge >= 0.3 is 5.97 Å². The van der Waals surface area contributed by atoms with Crippen molar-refractivity contribution in [3.8, 4) is 11.4 Å². The molecule has 0 radical (unpaired) electrons. The number of fused-ring (bicyclic) bond motifs is 1. The third-order valence-electron chi connectivity index (χ3n) is 5.76. The summed E-state index contributed by atoms with van der Waals surface area (Å²) in [6.07, 6.45) is 5.64. The van der Waals surface area contributed by atoms with E-state index in [1.807, 2.05) is 31.2 Å². The molecule has 1 aliphatic heterocycles. The van der Waals surface area contributed by atoms with Crippen LogP contribution in [-0.4, -0.2) is 40.2 Å². The van der Waals surface area contributed by atoms with Gasteiger partial charge in [-0.25, -0.2) is 0 Å². The molecule has 0 amide bonds. The van der Waals surface area contributed by atoms with E-state index in [9.17, 15) is 4.79 Å². The summed E-state index contributed by atoms with van der Waals surface area (Å²) in [4.78, 5) is 19.1. The molecule has 1 saturated carbocycles. The van der Waals surface area contributed by atoms with Gasteiger partial charge in [-0.1, -0.05) is 41.8 Å². The Labute approximate surface area is 153 Å². The molecule has 2 aromatic rings. The number of carbonyl (C=O) groups excluding carboxylic acids is 1. The van der Waals surface area contributed by atoms with Gasteiger partial charge in [-0.05, 0) is 38.2 Å². The fourth-order valence-electron chi connectivity index (χ4n) is 4.52. The Bertz CT molecular complexity index is 788. The van der Waals surface area contributed by atoms with Gasteiger partial charge < -0.3 is 9.26 Å². The largest absolute Gasteiger partial charge is 0.468 e. The molecular formula is C20H25N3O3. The molecule has 6 heteroatoms.